The first-order valence-corrected chi connectivity index (χ1v) is 9.34. The molecule has 118 valence electrons. The Morgan fingerprint density at radius 1 is 1.09 bits per heavy atom. The summed E-state index contributed by atoms with van der Waals surface area (Å²) in [6, 6.07) is 15.0. The molecular formula is C17H20BrNO2S. The number of sulfonamides is 1. The van der Waals surface area contributed by atoms with Crippen molar-refractivity contribution in [1.29, 1.82) is 0 Å². The molecule has 0 aliphatic rings. The number of nitrogens with zero attached hydrogens (tertiary/aromatic N) is 1. The zero-order chi connectivity index (χ0) is 16.3. The Morgan fingerprint density at radius 3 is 2.27 bits per heavy atom. The Morgan fingerprint density at radius 2 is 1.68 bits per heavy atom. The van der Waals surface area contributed by atoms with Gasteiger partial charge in [-0.15, -0.1) is 0 Å². The van der Waals surface area contributed by atoms with Crippen molar-refractivity contribution in [3.05, 3.63) is 64.1 Å². The Labute approximate surface area is 141 Å². The van der Waals surface area contributed by atoms with Gasteiger partial charge in [-0.05, 0) is 53.9 Å². The highest BCUT2D eigenvalue weighted by Gasteiger charge is 2.27. The molecule has 0 heterocycles. The van der Waals surface area contributed by atoms with Gasteiger partial charge in [0.15, 0.2) is 0 Å². The SMILES string of the molecule is Cc1ccc(CC(C)N(C)S(=O)(=O)c2ccccc2Br)cc1. The van der Waals surface area contributed by atoms with Gasteiger partial charge < -0.3 is 0 Å². The molecule has 2 rings (SSSR count). The van der Waals surface area contributed by atoms with Crippen molar-refractivity contribution in [3.63, 3.8) is 0 Å². The van der Waals surface area contributed by atoms with Crippen LogP contribution in [-0.2, 0) is 16.4 Å². The lowest BCUT2D eigenvalue weighted by molar-refractivity contribution is 0.386. The second-order valence-electron chi connectivity index (χ2n) is 5.49. The van der Waals surface area contributed by atoms with Gasteiger partial charge in [-0.3, -0.25) is 0 Å². The Kier molecular flexibility index (Phi) is 5.42. The zero-order valence-corrected chi connectivity index (χ0v) is 15.4. The molecule has 0 aliphatic carbocycles. The van der Waals surface area contributed by atoms with Crippen LogP contribution in [0.25, 0.3) is 0 Å². The fraction of sp³-hybridized carbons (Fsp3) is 0.294. The van der Waals surface area contributed by atoms with Crippen molar-refractivity contribution >= 4 is 26.0 Å². The molecule has 0 amide bonds. The van der Waals surface area contributed by atoms with Crippen LogP contribution in [0.2, 0.25) is 0 Å². The summed E-state index contributed by atoms with van der Waals surface area (Å²) in [7, 11) is -1.88. The van der Waals surface area contributed by atoms with E-state index in [1.807, 2.05) is 38.1 Å². The van der Waals surface area contributed by atoms with Crippen LogP contribution in [0.4, 0.5) is 0 Å². The first-order valence-electron chi connectivity index (χ1n) is 7.10. The lowest BCUT2D eigenvalue weighted by Crippen LogP contribution is -2.36. The van der Waals surface area contributed by atoms with Crippen molar-refractivity contribution in [1.82, 2.24) is 4.31 Å². The number of hydrogen-bond acceptors (Lipinski definition) is 2. The van der Waals surface area contributed by atoms with Crippen LogP contribution in [0.5, 0.6) is 0 Å². The predicted octanol–water partition coefficient (Wildman–Crippen LogP) is 4.01. The molecule has 0 radical (unpaired) electrons. The molecule has 0 fully saturated rings. The van der Waals surface area contributed by atoms with E-state index in [9.17, 15) is 8.42 Å². The average molecular weight is 382 g/mol. The van der Waals surface area contributed by atoms with Gasteiger partial charge in [0.1, 0.15) is 0 Å². The minimum absolute atomic E-state index is 0.125. The van der Waals surface area contributed by atoms with Crippen LogP contribution in [0.15, 0.2) is 57.9 Å². The van der Waals surface area contributed by atoms with Gasteiger partial charge in [0.05, 0.1) is 4.90 Å². The van der Waals surface area contributed by atoms with Crippen molar-refractivity contribution in [3.8, 4) is 0 Å². The summed E-state index contributed by atoms with van der Waals surface area (Å²) in [4.78, 5) is 0.299. The third-order valence-electron chi connectivity index (χ3n) is 3.77. The topological polar surface area (TPSA) is 37.4 Å². The Balaban J connectivity index is 2.21. The number of rotatable bonds is 5. The highest BCUT2D eigenvalue weighted by molar-refractivity contribution is 9.10. The summed E-state index contributed by atoms with van der Waals surface area (Å²) in [5, 5.41) is 0. The molecule has 2 aromatic rings. The quantitative estimate of drug-likeness (QED) is 0.784. The average Bonchev–Trinajstić information content (AvgIpc) is 2.49. The number of halogens is 1. The Hall–Kier alpha value is -1.17. The van der Waals surface area contributed by atoms with Gasteiger partial charge in [-0.1, -0.05) is 42.0 Å². The van der Waals surface area contributed by atoms with E-state index < -0.39 is 10.0 Å². The highest BCUT2D eigenvalue weighted by atomic mass is 79.9. The number of hydrogen-bond donors (Lipinski definition) is 0. The second kappa shape index (κ2) is 6.94. The molecule has 0 aliphatic heterocycles. The molecule has 0 saturated heterocycles. The summed E-state index contributed by atoms with van der Waals surface area (Å²) in [5.41, 5.74) is 2.33. The monoisotopic (exact) mass is 381 g/mol. The minimum atomic E-state index is -3.51. The molecule has 3 nitrogen and oxygen atoms in total. The molecule has 22 heavy (non-hydrogen) atoms. The van der Waals surface area contributed by atoms with Crippen LogP contribution in [0.3, 0.4) is 0 Å². The molecule has 0 bridgehead atoms. The summed E-state index contributed by atoms with van der Waals surface area (Å²) in [5.74, 6) is 0. The molecule has 0 N–H and O–H groups in total. The van der Waals surface area contributed by atoms with Crippen LogP contribution >= 0.6 is 15.9 Å². The van der Waals surface area contributed by atoms with E-state index in [-0.39, 0.29) is 6.04 Å². The zero-order valence-electron chi connectivity index (χ0n) is 13.0. The maximum atomic E-state index is 12.7. The van der Waals surface area contributed by atoms with Crippen molar-refractivity contribution in [2.75, 3.05) is 7.05 Å². The van der Waals surface area contributed by atoms with Gasteiger partial charge in [-0.2, -0.15) is 4.31 Å². The van der Waals surface area contributed by atoms with Crippen molar-refractivity contribution in [2.45, 2.75) is 31.2 Å². The molecule has 1 atom stereocenters. The Bertz CT molecular complexity index is 742. The van der Waals surface area contributed by atoms with Crippen LogP contribution in [-0.4, -0.2) is 25.8 Å². The molecule has 1 unspecified atom stereocenters. The molecular weight excluding hydrogens is 362 g/mol. The first kappa shape index (κ1) is 17.2. The van der Waals surface area contributed by atoms with E-state index >= 15 is 0 Å². The summed E-state index contributed by atoms with van der Waals surface area (Å²) >= 11 is 3.32. The third-order valence-corrected chi connectivity index (χ3v) is 6.75. The molecule has 0 aromatic heterocycles. The summed E-state index contributed by atoms with van der Waals surface area (Å²) in [6.07, 6.45) is 0.681. The minimum Gasteiger partial charge on any atom is -0.207 e. The molecule has 2 aromatic carbocycles. The maximum Gasteiger partial charge on any atom is 0.244 e. The van der Waals surface area contributed by atoms with E-state index in [4.69, 9.17) is 0 Å². The maximum absolute atomic E-state index is 12.7. The van der Waals surface area contributed by atoms with E-state index in [1.54, 1.807) is 31.3 Å². The lowest BCUT2D eigenvalue weighted by Gasteiger charge is -2.25. The van der Waals surface area contributed by atoms with Crippen molar-refractivity contribution in [2.24, 2.45) is 0 Å². The number of likely N-dealkylation sites (N-methyl/N-ethyl adjacent to an activating group) is 1. The highest BCUT2D eigenvalue weighted by Crippen LogP contribution is 2.25. The molecule has 5 heteroatoms. The van der Waals surface area contributed by atoms with Crippen LogP contribution < -0.4 is 0 Å². The van der Waals surface area contributed by atoms with E-state index in [0.717, 1.165) is 5.56 Å². The molecule has 0 saturated carbocycles. The normalized spacial score (nSPS) is 13.3. The van der Waals surface area contributed by atoms with Crippen LogP contribution in [0.1, 0.15) is 18.1 Å². The predicted molar refractivity (Wildman–Crippen MR) is 93.4 cm³/mol. The van der Waals surface area contributed by atoms with E-state index in [1.165, 1.54) is 9.87 Å². The van der Waals surface area contributed by atoms with E-state index in [2.05, 4.69) is 15.9 Å². The van der Waals surface area contributed by atoms with Gasteiger partial charge in [0.2, 0.25) is 10.0 Å². The van der Waals surface area contributed by atoms with E-state index in [0.29, 0.717) is 15.8 Å². The number of aryl methyl sites for hydroxylation is 1. The van der Waals surface area contributed by atoms with Gasteiger partial charge in [0, 0.05) is 17.6 Å². The van der Waals surface area contributed by atoms with Gasteiger partial charge in [-0.25, -0.2) is 8.42 Å². The first-order chi connectivity index (χ1) is 10.3. The second-order valence-corrected chi connectivity index (χ2v) is 8.31. The smallest absolute Gasteiger partial charge is 0.207 e. The van der Waals surface area contributed by atoms with Crippen molar-refractivity contribution < 1.29 is 8.42 Å². The van der Waals surface area contributed by atoms with Gasteiger partial charge in [0.25, 0.3) is 0 Å². The number of benzene rings is 2. The third kappa shape index (κ3) is 3.77. The standard InChI is InChI=1S/C17H20BrNO2S/c1-13-8-10-15(11-9-13)12-14(2)19(3)22(20,21)17-7-5-4-6-16(17)18/h4-11,14H,12H2,1-3H3. The van der Waals surface area contributed by atoms with Gasteiger partial charge >= 0.3 is 0 Å². The fourth-order valence-electron chi connectivity index (χ4n) is 2.24. The van der Waals surface area contributed by atoms with Crippen LogP contribution in [0, 0.1) is 6.92 Å². The fourth-order valence-corrected chi connectivity index (χ4v) is 4.56. The summed E-state index contributed by atoms with van der Waals surface area (Å²) < 4.78 is 27.5. The summed E-state index contributed by atoms with van der Waals surface area (Å²) in [6.45, 7) is 3.96. The largest absolute Gasteiger partial charge is 0.244 e. The lowest BCUT2D eigenvalue weighted by atomic mass is 10.1. The molecule has 0 spiro atoms.